The van der Waals surface area contributed by atoms with E-state index in [-0.39, 0.29) is 6.04 Å². The topological polar surface area (TPSA) is 59.1 Å². The minimum Gasteiger partial charge on any atom is -0.329 e. The van der Waals surface area contributed by atoms with Gasteiger partial charge in [-0.25, -0.2) is 15.1 Å². The summed E-state index contributed by atoms with van der Waals surface area (Å²) in [6.45, 7) is 0.526. The molecule has 2 rings (SSSR count). The smallest absolute Gasteiger partial charge is 0.0645 e. The van der Waals surface area contributed by atoms with E-state index in [4.69, 9.17) is 5.73 Å². The Morgan fingerprint density at radius 2 is 2.06 bits per heavy atom. The Kier molecular flexibility index (Phi) is 4.09. The number of benzene rings is 1. The third-order valence-electron chi connectivity index (χ3n) is 2.68. The molecule has 0 saturated carbocycles. The molecular weight excluding hydrogens is 226 g/mol. The fraction of sp³-hybridized carbons (Fsp3) is 0.308. The first kappa shape index (κ1) is 12.8. The highest BCUT2D eigenvalue weighted by Crippen LogP contribution is 2.13. The van der Waals surface area contributed by atoms with E-state index in [9.17, 15) is 0 Å². The lowest BCUT2D eigenvalue weighted by Crippen LogP contribution is -2.37. The molecule has 0 bridgehead atoms. The van der Waals surface area contributed by atoms with Crippen LogP contribution < -0.4 is 11.2 Å². The number of hydrogen-bond acceptors (Lipinski definition) is 4. The lowest BCUT2D eigenvalue weighted by Gasteiger charge is -2.20. The summed E-state index contributed by atoms with van der Waals surface area (Å²) in [6.07, 6.45) is 3.85. The average Bonchev–Trinajstić information content (AvgIpc) is 2.86. The molecule has 1 atom stereocenters. The minimum absolute atomic E-state index is 0.0810. The standard InChI is InChI=1S/C13H19N5/c1-17(2)16-13(8-14)11-9-15-18(10-11)12-6-4-3-5-7-12/h3-7,9-10,13,16H,8,14H2,1-2H3. The van der Waals surface area contributed by atoms with Crippen LogP contribution in [0.5, 0.6) is 0 Å². The van der Waals surface area contributed by atoms with Crippen LogP contribution in [0.15, 0.2) is 42.7 Å². The first-order valence-corrected chi connectivity index (χ1v) is 5.94. The van der Waals surface area contributed by atoms with Crippen LogP contribution in [0.2, 0.25) is 0 Å². The van der Waals surface area contributed by atoms with Crippen LogP contribution in [0, 0.1) is 0 Å². The van der Waals surface area contributed by atoms with Gasteiger partial charge in [0.2, 0.25) is 0 Å². The minimum atomic E-state index is 0.0810. The fourth-order valence-electron chi connectivity index (χ4n) is 1.81. The summed E-state index contributed by atoms with van der Waals surface area (Å²) in [4.78, 5) is 0. The predicted molar refractivity (Wildman–Crippen MR) is 72.2 cm³/mol. The van der Waals surface area contributed by atoms with E-state index in [1.54, 1.807) is 0 Å². The summed E-state index contributed by atoms with van der Waals surface area (Å²) in [5, 5.41) is 6.27. The Morgan fingerprint density at radius 1 is 1.33 bits per heavy atom. The van der Waals surface area contributed by atoms with E-state index in [0.29, 0.717) is 6.54 Å². The Balaban J connectivity index is 2.19. The highest BCUT2D eigenvalue weighted by molar-refractivity contribution is 5.31. The highest BCUT2D eigenvalue weighted by Gasteiger charge is 2.12. The zero-order chi connectivity index (χ0) is 13.0. The molecule has 5 nitrogen and oxygen atoms in total. The van der Waals surface area contributed by atoms with Crippen LogP contribution in [0.4, 0.5) is 0 Å². The molecule has 1 unspecified atom stereocenters. The monoisotopic (exact) mass is 245 g/mol. The summed E-state index contributed by atoms with van der Waals surface area (Å²) < 4.78 is 1.86. The maximum atomic E-state index is 5.77. The average molecular weight is 245 g/mol. The van der Waals surface area contributed by atoms with Gasteiger partial charge in [-0.1, -0.05) is 18.2 Å². The molecule has 1 heterocycles. The van der Waals surface area contributed by atoms with Gasteiger partial charge in [0.25, 0.3) is 0 Å². The number of hydrogen-bond donors (Lipinski definition) is 2. The van der Waals surface area contributed by atoms with Crippen molar-refractivity contribution in [1.82, 2.24) is 20.2 Å². The van der Waals surface area contributed by atoms with Crippen LogP contribution in [0.25, 0.3) is 5.69 Å². The fourth-order valence-corrected chi connectivity index (χ4v) is 1.81. The molecule has 0 saturated heterocycles. The summed E-state index contributed by atoms with van der Waals surface area (Å²) in [5.74, 6) is 0. The molecule has 0 aliphatic rings. The maximum absolute atomic E-state index is 5.77. The zero-order valence-electron chi connectivity index (χ0n) is 10.7. The second-order valence-corrected chi connectivity index (χ2v) is 4.37. The molecule has 96 valence electrons. The van der Waals surface area contributed by atoms with Gasteiger partial charge in [0, 0.05) is 32.4 Å². The number of rotatable bonds is 5. The van der Waals surface area contributed by atoms with Crippen LogP contribution in [-0.4, -0.2) is 35.4 Å². The molecule has 2 aromatic rings. The zero-order valence-corrected chi connectivity index (χ0v) is 10.7. The molecule has 0 radical (unpaired) electrons. The van der Waals surface area contributed by atoms with Crippen LogP contribution in [-0.2, 0) is 0 Å². The molecule has 18 heavy (non-hydrogen) atoms. The van der Waals surface area contributed by atoms with E-state index in [0.717, 1.165) is 11.3 Å². The van der Waals surface area contributed by atoms with E-state index < -0.39 is 0 Å². The first-order chi connectivity index (χ1) is 8.70. The first-order valence-electron chi connectivity index (χ1n) is 5.94. The number of hydrazine groups is 1. The highest BCUT2D eigenvalue weighted by atomic mass is 15.5. The number of nitrogens with one attached hydrogen (secondary N) is 1. The molecule has 3 N–H and O–H groups in total. The van der Waals surface area contributed by atoms with Crippen molar-refractivity contribution in [3.63, 3.8) is 0 Å². The largest absolute Gasteiger partial charge is 0.329 e. The summed E-state index contributed by atoms with van der Waals surface area (Å²) in [5.41, 5.74) is 11.2. The van der Waals surface area contributed by atoms with Gasteiger partial charge in [-0.3, -0.25) is 0 Å². The van der Waals surface area contributed by atoms with Gasteiger partial charge in [-0.2, -0.15) is 5.10 Å². The number of aromatic nitrogens is 2. The summed E-state index contributed by atoms with van der Waals surface area (Å²) in [7, 11) is 3.90. The van der Waals surface area contributed by atoms with Crippen molar-refractivity contribution in [2.75, 3.05) is 20.6 Å². The van der Waals surface area contributed by atoms with Crippen molar-refractivity contribution >= 4 is 0 Å². The number of para-hydroxylation sites is 1. The van der Waals surface area contributed by atoms with Crippen molar-refractivity contribution < 1.29 is 0 Å². The third kappa shape index (κ3) is 2.95. The summed E-state index contributed by atoms with van der Waals surface area (Å²) in [6, 6.07) is 10.1. The Labute approximate surface area is 107 Å². The molecule has 0 amide bonds. The maximum Gasteiger partial charge on any atom is 0.0645 e. The van der Waals surface area contributed by atoms with Crippen molar-refractivity contribution in [1.29, 1.82) is 0 Å². The predicted octanol–water partition coefficient (Wildman–Crippen LogP) is 0.938. The second-order valence-electron chi connectivity index (χ2n) is 4.37. The van der Waals surface area contributed by atoms with E-state index in [2.05, 4.69) is 10.5 Å². The molecule has 1 aromatic carbocycles. The molecule has 0 aliphatic carbocycles. The molecular formula is C13H19N5. The second kappa shape index (κ2) is 5.77. The SMILES string of the molecule is CN(C)NC(CN)c1cnn(-c2ccccc2)c1. The van der Waals surface area contributed by atoms with Gasteiger partial charge in [0.15, 0.2) is 0 Å². The number of nitrogens with zero attached hydrogens (tertiary/aromatic N) is 3. The van der Waals surface area contributed by atoms with E-state index >= 15 is 0 Å². The Hall–Kier alpha value is -1.69. The third-order valence-corrected chi connectivity index (χ3v) is 2.68. The molecule has 5 heteroatoms. The Morgan fingerprint density at radius 3 is 2.67 bits per heavy atom. The number of nitrogens with two attached hydrogens (primary N) is 1. The lowest BCUT2D eigenvalue weighted by atomic mass is 10.2. The quantitative estimate of drug-likeness (QED) is 0.770. The lowest BCUT2D eigenvalue weighted by molar-refractivity contribution is 0.245. The normalized spacial score (nSPS) is 12.9. The van der Waals surface area contributed by atoms with Crippen LogP contribution in [0.3, 0.4) is 0 Å². The van der Waals surface area contributed by atoms with Crippen molar-refractivity contribution in [2.45, 2.75) is 6.04 Å². The molecule has 0 spiro atoms. The van der Waals surface area contributed by atoms with Gasteiger partial charge in [0.05, 0.1) is 17.9 Å². The van der Waals surface area contributed by atoms with E-state index in [1.165, 1.54) is 0 Å². The molecule has 0 fully saturated rings. The Bertz CT molecular complexity index is 477. The van der Waals surface area contributed by atoms with Gasteiger partial charge in [-0.15, -0.1) is 0 Å². The van der Waals surface area contributed by atoms with Gasteiger partial charge >= 0.3 is 0 Å². The van der Waals surface area contributed by atoms with Crippen molar-refractivity contribution in [3.8, 4) is 5.69 Å². The van der Waals surface area contributed by atoms with Crippen LogP contribution in [0.1, 0.15) is 11.6 Å². The molecule has 1 aromatic heterocycles. The van der Waals surface area contributed by atoms with Crippen LogP contribution >= 0.6 is 0 Å². The van der Waals surface area contributed by atoms with Crippen molar-refractivity contribution in [2.24, 2.45) is 5.73 Å². The van der Waals surface area contributed by atoms with Gasteiger partial charge in [-0.05, 0) is 12.1 Å². The summed E-state index contributed by atoms with van der Waals surface area (Å²) >= 11 is 0. The van der Waals surface area contributed by atoms with E-state index in [1.807, 2.05) is 66.5 Å². The van der Waals surface area contributed by atoms with Crippen molar-refractivity contribution in [3.05, 3.63) is 48.3 Å². The molecule has 0 aliphatic heterocycles. The van der Waals surface area contributed by atoms with Gasteiger partial charge < -0.3 is 5.73 Å². The van der Waals surface area contributed by atoms with Gasteiger partial charge in [0.1, 0.15) is 0 Å².